The van der Waals surface area contributed by atoms with Crippen LogP contribution in [0.15, 0.2) is 67.4 Å². The molecule has 0 bridgehead atoms. The molecule has 4 aromatic heterocycles. The summed E-state index contributed by atoms with van der Waals surface area (Å²) in [7, 11) is 0. The molecule has 218 valence electrons. The highest BCUT2D eigenvalue weighted by Gasteiger charge is 2.31. The first-order chi connectivity index (χ1) is 20.0. The minimum Gasteiger partial charge on any atom is -0.489 e. The molecule has 0 unspecified atom stereocenters. The Bertz CT molecular complexity index is 1630. The van der Waals surface area contributed by atoms with Crippen LogP contribution < -0.4 is 15.4 Å². The quantitative estimate of drug-likeness (QED) is 0.210. The molecular formula is C31H34FN7O3. The van der Waals surface area contributed by atoms with E-state index in [1.807, 2.05) is 19.9 Å². The maximum atomic E-state index is 14.1. The maximum Gasteiger partial charge on any atom is 0.273 e. The van der Waals surface area contributed by atoms with Gasteiger partial charge in [0.05, 0.1) is 29.1 Å². The molecule has 0 spiro atoms. The van der Waals surface area contributed by atoms with E-state index >= 15 is 0 Å². The molecule has 4 heterocycles. The molecule has 0 aliphatic carbocycles. The Hall–Kier alpha value is -4.82. The van der Waals surface area contributed by atoms with Crippen molar-refractivity contribution in [2.45, 2.75) is 58.1 Å². The fraction of sp³-hybridized carbons (Fsp3) is 0.323. The van der Waals surface area contributed by atoms with Gasteiger partial charge in [-0.3, -0.25) is 4.79 Å². The van der Waals surface area contributed by atoms with Crippen molar-refractivity contribution in [3.8, 4) is 22.9 Å². The third kappa shape index (κ3) is 6.90. The molecular weight excluding hydrogens is 537 g/mol. The van der Waals surface area contributed by atoms with Crippen LogP contribution in [0.1, 0.15) is 63.0 Å². The van der Waals surface area contributed by atoms with Crippen LogP contribution in [0.4, 0.5) is 10.2 Å². The lowest BCUT2D eigenvalue weighted by Gasteiger charge is -2.33. The number of amides is 1. The second-order valence-corrected chi connectivity index (χ2v) is 10.8. The smallest absolute Gasteiger partial charge is 0.273 e. The van der Waals surface area contributed by atoms with Crippen molar-refractivity contribution >= 4 is 17.2 Å². The average Bonchev–Trinajstić information content (AvgIpc) is 3.38. The standard InChI is InChI=1S/C31H34FN7O3/c1-6-31(7-2,38-29(40)27-25(32)9-8-12-34-27)14-20(3)37-26-11-10-21(16-35-26)24-13-23(42-19-30(4,5)41)18-39-28(24)22(15-33)17-36-39/h8-13,16-18,41H,3,6-7,14,19H2,1-2,4-5H3,(H,35,37)(H,38,40). The van der Waals surface area contributed by atoms with Gasteiger partial charge in [-0.05, 0) is 57.0 Å². The predicted molar refractivity (Wildman–Crippen MR) is 157 cm³/mol. The molecule has 0 atom stereocenters. The number of carbonyl (C=O) groups excluding carboxylic acids is 1. The van der Waals surface area contributed by atoms with E-state index in [1.165, 1.54) is 24.5 Å². The van der Waals surface area contributed by atoms with Crippen molar-refractivity contribution in [1.29, 1.82) is 5.26 Å². The number of aromatic nitrogens is 4. The number of nitrogens with zero attached hydrogens (tertiary/aromatic N) is 5. The van der Waals surface area contributed by atoms with Crippen molar-refractivity contribution in [2.24, 2.45) is 0 Å². The Balaban J connectivity index is 1.53. The number of carbonyl (C=O) groups is 1. The molecule has 0 fully saturated rings. The molecule has 4 rings (SSSR count). The van der Waals surface area contributed by atoms with Gasteiger partial charge in [0.1, 0.15) is 24.2 Å². The van der Waals surface area contributed by atoms with E-state index in [0.717, 1.165) is 5.56 Å². The molecule has 0 aromatic carbocycles. The lowest BCUT2D eigenvalue weighted by molar-refractivity contribution is 0.0283. The number of rotatable bonds is 12. The van der Waals surface area contributed by atoms with Gasteiger partial charge in [0, 0.05) is 41.2 Å². The minimum atomic E-state index is -1.03. The molecule has 10 nitrogen and oxygen atoms in total. The number of fused-ring (bicyclic) bond motifs is 1. The van der Waals surface area contributed by atoms with Gasteiger partial charge in [0.15, 0.2) is 11.5 Å². The lowest BCUT2D eigenvalue weighted by Crippen LogP contribution is -2.48. The fourth-order valence-electron chi connectivity index (χ4n) is 4.57. The van der Waals surface area contributed by atoms with E-state index in [9.17, 15) is 19.6 Å². The highest BCUT2D eigenvalue weighted by molar-refractivity contribution is 5.93. The number of nitrogens with one attached hydrogen (secondary N) is 2. The Kier molecular flexibility index (Phi) is 8.87. The van der Waals surface area contributed by atoms with Gasteiger partial charge in [-0.15, -0.1) is 0 Å². The highest BCUT2D eigenvalue weighted by Crippen LogP contribution is 2.32. The van der Waals surface area contributed by atoms with Crippen LogP contribution in [0.2, 0.25) is 0 Å². The number of anilines is 1. The van der Waals surface area contributed by atoms with E-state index in [1.54, 1.807) is 42.9 Å². The number of aliphatic hydroxyl groups is 1. The zero-order chi connectivity index (χ0) is 30.5. The van der Waals surface area contributed by atoms with Crippen LogP contribution >= 0.6 is 0 Å². The van der Waals surface area contributed by atoms with Gasteiger partial charge in [0.25, 0.3) is 5.91 Å². The summed E-state index contributed by atoms with van der Waals surface area (Å²) >= 11 is 0. The van der Waals surface area contributed by atoms with Crippen LogP contribution in [0.3, 0.4) is 0 Å². The van der Waals surface area contributed by atoms with Gasteiger partial charge < -0.3 is 20.5 Å². The molecule has 3 N–H and O–H groups in total. The van der Waals surface area contributed by atoms with Crippen molar-refractivity contribution in [3.63, 3.8) is 0 Å². The van der Waals surface area contributed by atoms with Crippen LogP contribution in [-0.4, -0.2) is 48.3 Å². The summed E-state index contributed by atoms with van der Waals surface area (Å²) in [6, 6.07) is 10.2. The zero-order valence-corrected chi connectivity index (χ0v) is 24.1. The number of hydrogen-bond donors (Lipinski definition) is 3. The van der Waals surface area contributed by atoms with E-state index in [0.29, 0.717) is 53.2 Å². The minimum absolute atomic E-state index is 0.0712. The first-order valence-electron chi connectivity index (χ1n) is 13.6. The van der Waals surface area contributed by atoms with Crippen LogP contribution in [0.5, 0.6) is 5.75 Å². The summed E-state index contributed by atoms with van der Waals surface area (Å²) in [5.74, 6) is -0.247. The number of nitriles is 1. The number of hydrogen-bond acceptors (Lipinski definition) is 8. The van der Waals surface area contributed by atoms with Crippen molar-refractivity contribution in [1.82, 2.24) is 24.9 Å². The molecule has 0 saturated heterocycles. The SMILES string of the molecule is C=C(CC(CC)(CC)NC(=O)c1ncccc1F)Nc1ccc(-c2cc(OCC(C)(C)O)cn3ncc(C#N)c23)cn1. The van der Waals surface area contributed by atoms with Crippen molar-refractivity contribution < 1.29 is 19.0 Å². The Labute approximate surface area is 243 Å². The molecule has 1 amide bonds. The van der Waals surface area contributed by atoms with Gasteiger partial charge in [-0.25, -0.2) is 18.9 Å². The third-order valence-corrected chi connectivity index (χ3v) is 6.94. The summed E-state index contributed by atoms with van der Waals surface area (Å²) in [4.78, 5) is 21.3. The monoisotopic (exact) mass is 571 g/mol. The predicted octanol–water partition coefficient (Wildman–Crippen LogP) is 5.26. The molecule has 0 saturated carbocycles. The summed E-state index contributed by atoms with van der Waals surface area (Å²) in [6.45, 7) is 11.4. The second-order valence-electron chi connectivity index (χ2n) is 10.8. The summed E-state index contributed by atoms with van der Waals surface area (Å²) < 4.78 is 21.5. The van der Waals surface area contributed by atoms with E-state index < -0.39 is 22.9 Å². The molecule has 42 heavy (non-hydrogen) atoms. The number of halogens is 1. The normalized spacial score (nSPS) is 11.6. The topological polar surface area (TPSA) is 137 Å². The van der Waals surface area contributed by atoms with Crippen LogP contribution in [0, 0.1) is 17.1 Å². The molecule has 4 aromatic rings. The van der Waals surface area contributed by atoms with Gasteiger partial charge >= 0.3 is 0 Å². The van der Waals surface area contributed by atoms with E-state index in [2.05, 4.69) is 38.3 Å². The van der Waals surface area contributed by atoms with E-state index in [-0.39, 0.29) is 12.3 Å². The summed E-state index contributed by atoms with van der Waals surface area (Å²) in [5.41, 5.74) is 1.09. The van der Waals surface area contributed by atoms with Crippen LogP contribution in [-0.2, 0) is 0 Å². The first kappa shape index (κ1) is 30.1. The third-order valence-electron chi connectivity index (χ3n) is 6.94. The Morgan fingerprint density at radius 3 is 2.60 bits per heavy atom. The van der Waals surface area contributed by atoms with Gasteiger partial charge in [-0.2, -0.15) is 10.4 Å². The second kappa shape index (κ2) is 12.4. The molecule has 0 radical (unpaired) electrons. The number of ether oxygens (including phenoxy) is 1. The van der Waals surface area contributed by atoms with Crippen molar-refractivity contribution in [3.05, 3.63) is 84.5 Å². The maximum absolute atomic E-state index is 14.1. The van der Waals surface area contributed by atoms with E-state index in [4.69, 9.17) is 4.74 Å². The summed E-state index contributed by atoms with van der Waals surface area (Å²) in [6.07, 6.45) is 7.75. The van der Waals surface area contributed by atoms with Crippen molar-refractivity contribution in [2.75, 3.05) is 11.9 Å². The zero-order valence-electron chi connectivity index (χ0n) is 24.1. The molecule has 0 aliphatic heterocycles. The first-order valence-corrected chi connectivity index (χ1v) is 13.6. The highest BCUT2D eigenvalue weighted by atomic mass is 19.1. The van der Waals surface area contributed by atoms with Crippen LogP contribution in [0.25, 0.3) is 16.6 Å². The van der Waals surface area contributed by atoms with Gasteiger partial charge in [-0.1, -0.05) is 20.4 Å². The van der Waals surface area contributed by atoms with Gasteiger partial charge in [0.2, 0.25) is 0 Å². The Morgan fingerprint density at radius 2 is 1.98 bits per heavy atom. The lowest BCUT2D eigenvalue weighted by atomic mass is 9.87. The Morgan fingerprint density at radius 1 is 1.21 bits per heavy atom. The average molecular weight is 572 g/mol. The fourth-order valence-corrected chi connectivity index (χ4v) is 4.57. The molecule has 11 heteroatoms. The summed E-state index contributed by atoms with van der Waals surface area (Å²) in [5, 5.41) is 30.2. The number of pyridine rings is 3. The largest absolute Gasteiger partial charge is 0.489 e. The molecule has 0 aliphatic rings.